The number of piperidine rings is 1. The first kappa shape index (κ1) is 13.2. The molecule has 0 radical (unpaired) electrons. The summed E-state index contributed by atoms with van der Waals surface area (Å²) >= 11 is 1.79. The van der Waals surface area contributed by atoms with E-state index in [9.17, 15) is 0 Å². The minimum Gasteiger partial charge on any atom is -0.315 e. The zero-order valence-corrected chi connectivity index (χ0v) is 13.4. The first-order chi connectivity index (χ1) is 10.1. The first-order valence-electron chi connectivity index (χ1n) is 7.50. The maximum absolute atomic E-state index is 4.56. The number of aryl methyl sites for hydroxylation is 2. The van der Waals surface area contributed by atoms with Crippen molar-refractivity contribution in [3.05, 3.63) is 53.2 Å². The molecular weight excluding hydrogens is 276 g/mol. The fraction of sp³-hybridized carbons (Fsp3) is 0.389. The second-order valence-electron chi connectivity index (χ2n) is 6.45. The van der Waals surface area contributed by atoms with Gasteiger partial charge in [0.25, 0.3) is 0 Å². The van der Waals surface area contributed by atoms with Gasteiger partial charge in [-0.2, -0.15) is 0 Å². The summed E-state index contributed by atoms with van der Waals surface area (Å²) < 4.78 is 0. The summed E-state index contributed by atoms with van der Waals surface area (Å²) in [5.41, 5.74) is 4.46. The average molecular weight is 296 g/mol. The van der Waals surface area contributed by atoms with Crippen LogP contribution in [-0.2, 0) is 5.41 Å². The summed E-state index contributed by atoms with van der Waals surface area (Å²) in [6, 6.07) is 9.06. The molecule has 0 spiro atoms. The van der Waals surface area contributed by atoms with Crippen LogP contribution in [0.25, 0.3) is 10.4 Å². The Hall–Kier alpha value is -1.45. The summed E-state index contributed by atoms with van der Waals surface area (Å²) in [4.78, 5) is 5.87. The molecular formula is C18H20N2S. The second kappa shape index (κ2) is 4.28. The van der Waals surface area contributed by atoms with Gasteiger partial charge in [0.05, 0.1) is 15.6 Å². The van der Waals surface area contributed by atoms with Crippen molar-refractivity contribution in [2.24, 2.45) is 5.41 Å². The van der Waals surface area contributed by atoms with Crippen LogP contribution in [0.3, 0.4) is 0 Å². The van der Waals surface area contributed by atoms with Crippen molar-refractivity contribution in [3.8, 4) is 10.4 Å². The van der Waals surface area contributed by atoms with Gasteiger partial charge in [-0.05, 0) is 37.5 Å². The molecule has 2 fully saturated rings. The lowest BCUT2D eigenvalue weighted by molar-refractivity contribution is 0.628. The van der Waals surface area contributed by atoms with Crippen LogP contribution in [0.1, 0.15) is 22.7 Å². The van der Waals surface area contributed by atoms with Crippen molar-refractivity contribution in [2.75, 3.05) is 13.1 Å². The molecule has 1 aromatic carbocycles. The van der Waals surface area contributed by atoms with E-state index in [-0.39, 0.29) is 10.8 Å². The van der Waals surface area contributed by atoms with E-state index >= 15 is 0 Å². The smallest absolute Gasteiger partial charge is 0.0903 e. The predicted octanol–water partition coefficient (Wildman–Crippen LogP) is 3.84. The van der Waals surface area contributed by atoms with Gasteiger partial charge in [0, 0.05) is 23.9 Å². The maximum atomic E-state index is 4.56. The van der Waals surface area contributed by atoms with Gasteiger partial charge in [0.2, 0.25) is 0 Å². The fourth-order valence-corrected chi connectivity index (χ4v) is 4.97. The van der Waals surface area contributed by atoms with Crippen LogP contribution in [0, 0.1) is 19.3 Å². The fourth-order valence-electron chi connectivity index (χ4n) is 4.05. The zero-order chi connectivity index (χ0) is 14.7. The van der Waals surface area contributed by atoms with Gasteiger partial charge in [-0.25, -0.2) is 4.98 Å². The van der Waals surface area contributed by atoms with Gasteiger partial charge < -0.3 is 5.32 Å². The molecule has 21 heavy (non-hydrogen) atoms. The third kappa shape index (κ3) is 1.71. The van der Waals surface area contributed by atoms with Crippen LogP contribution in [0.15, 0.2) is 36.9 Å². The molecule has 1 aromatic heterocycles. The van der Waals surface area contributed by atoms with Gasteiger partial charge in [0.1, 0.15) is 0 Å². The number of benzene rings is 1. The van der Waals surface area contributed by atoms with E-state index < -0.39 is 0 Å². The molecule has 1 saturated carbocycles. The van der Waals surface area contributed by atoms with Gasteiger partial charge >= 0.3 is 0 Å². The van der Waals surface area contributed by atoms with E-state index in [1.807, 2.05) is 0 Å². The Bertz CT molecular complexity index is 733. The highest BCUT2D eigenvalue weighted by Crippen LogP contribution is 2.67. The van der Waals surface area contributed by atoms with Crippen molar-refractivity contribution in [3.63, 3.8) is 0 Å². The van der Waals surface area contributed by atoms with E-state index in [1.54, 1.807) is 11.3 Å². The van der Waals surface area contributed by atoms with Crippen LogP contribution < -0.4 is 5.32 Å². The van der Waals surface area contributed by atoms with E-state index in [4.69, 9.17) is 0 Å². The number of nitrogens with zero attached hydrogens (tertiary/aromatic N) is 1. The highest BCUT2D eigenvalue weighted by Gasteiger charge is 2.68. The Morgan fingerprint density at radius 2 is 2.19 bits per heavy atom. The summed E-state index contributed by atoms with van der Waals surface area (Å²) in [5, 5.41) is 4.69. The van der Waals surface area contributed by atoms with Gasteiger partial charge in [-0.15, -0.1) is 17.9 Å². The number of rotatable bonds is 3. The maximum Gasteiger partial charge on any atom is 0.0903 e. The predicted molar refractivity (Wildman–Crippen MR) is 88.8 cm³/mol. The second-order valence-corrected chi connectivity index (χ2v) is 7.65. The van der Waals surface area contributed by atoms with Crippen molar-refractivity contribution in [2.45, 2.75) is 25.7 Å². The lowest BCUT2D eigenvalue weighted by atomic mass is 9.87. The minimum atomic E-state index is 0.276. The summed E-state index contributed by atoms with van der Waals surface area (Å²) in [5.74, 6) is 0. The molecule has 2 heterocycles. The average Bonchev–Trinajstić information content (AvgIpc) is 2.80. The normalized spacial score (nSPS) is 30.2. The quantitative estimate of drug-likeness (QED) is 0.870. The number of nitrogens with one attached hydrogen (secondary N) is 1. The Balaban J connectivity index is 1.78. The largest absolute Gasteiger partial charge is 0.315 e. The third-order valence-corrected chi connectivity index (χ3v) is 6.41. The lowest BCUT2D eigenvalue weighted by Crippen LogP contribution is -2.19. The van der Waals surface area contributed by atoms with Gasteiger partial charge in [0.15, 0.2) is 0 Å². The van der Waals surface area contributed by atoms with Gasteiger partial charge in [-0.3, -0.25) is 0 Å². The van der Waals surface area contributed by atoms with Crippen LogP contribution in [-0.4, -0.2) is 18.1 Å². The topological polar surface area (TPSA) is 24.9 Å². The molecule has 1 aliphatic heterocycles. The van der Waals surface area contributed by atoms with Crippen molar-refractivity contribution < 1.29 is 0 Å². The summed E-state index contributed by atoms with van der Waals surface area (Å²) in [6.45, 7) is 10.4. The Morgan fingerprint density at radius 1 is 1.33 bits per heavy atom. The van der Waals surface area contributed by atoms with E-state index in [0.29, 0.717) is 0 Å². The number of hydrogen-bond acceptors (Lipinski definition) is 3. The van der Waals surface area contributed by atoms with Crippen LogP contribution >= 0.6 is 11.3 Å². The van der Waals surface area contributed by atoms with E-state index in [0.717, 1.165) is 23.8 Å². The highest BCUT2D eigenvalue weighted by molar-refractivity contribution is 7.15. The van der Waals surface area contributed by atoms with E-state index in [2.05, 4.69) is 61.1 Å². The molecule has 2 nitrogen and oxygen atoms in total. The molecule has 0 bridgehead atoms. The van der Waals surface area contributed by atoms with Crippen LogP contribution in [0.2, 0.25) is 0 Å². The molecule has 2 aliphatic rings. The molecule has 2 unspecified atom stereocenters. The molecule has 2 atom stereocenters. The number of aromatic nitrogens is 1. The molecule has 4 rings (SSSR count). The summed E-state index contributed by atoms with van der Waals surface area (Å²) in [6.07, 6.45) is 3.41. The van der Waals surface area contributed by atoms with Gasteiger partial charge in [-0.1, -0.05) is 24.3 Å². The molecule has 3 heteroatoms. The van der Waals surface area contributed by atoms with E-state index in [1.165, 1.54) is 22.4 Å². The molecule has 0 amide bonds. The summed E-state index contributed by atoms with van der Waals surface area (Å²) in [7, 11) is 0. The minimum absolute atomic E-state index is 0.276. The van der Waals surface area contributed by atoms with Crippen molar-refractivity contribution in [1.82, 2.24) is 10.3 Å². The van der Waals surface area contributed by atoms with Crippen LogP contribution in [0.5, 0.6) is 0 Å². The highest BCUT2D eigenvalue weighted by atomic mass is 32.1. The molecule has 1 saturated heterocycles. The monoisotopic (exact) mass is 296 g/mol. The standard InChI is InChI=1S/C18H20N2S/c1-4-17-9-18(17,11-19-10-17)15-7-5-6-14(8-15)16-12(2)20-13(3)21-16/h4-8,19H,1,9-11H2,2-3H3. The Kier molecular flexibility index (Phi) is 2.69. The third-order valence-electron chi connectivity index (χ3n) is 5.28. The molecule has 1 N–H and O–H groups in total. The van der Waals surface area contributed by atoms with Crippen molar-refractivity contribution >= 4 is 11.3 Å². The Labute approximate surface area is 129 Å². The Morgan fingerprint density at radius 3 is 2.86 bits per heavy atom. The SMILES string of the molecule is C=CC12CNCC1(c1cccc(-c3sc(C)nc3C)c1)C2. The van der Waals surface area contributed by atoms with Crippen LogP contribution in [0.4, 0.5) is 0 Å². The first-order valence-corrected chi connectivity index (χ1v) is 8.31. The zero-order valence-electron chi connectivity index (χ0n) is 12.6. The lowest BCUT2D eigenvalue weighted by Gasteiger charge is -2.16. The number of hydrogen-bond donors (Lipinski definition) is 1. The molecule has 2 aromatic rings. The van der Waals surface area contributed by atoms with Crippen molar-refractivity contribution in [1.29, 1.82) is 0 Å². The number of thiazole rings is 1. The molecule has 108 valence electrons. The molecule has 1 aliphatic carbocycles. The number of fused-ring (bicyclic) bond motifs is 1.